The van der Waals surface area contributed by atoms with Gasteiger partial charge < -0.3 is 5.32 Å². The average Bonchev–Trinajstić information content (AvgIpc) is 2.58. The number of hydrogen-bond donors (Lipinski definition) is 1. The lowest BCUT2D eigenvalue weighted by Gasteiger charge is -2.29. The Morgan fingerprint density at radius 1 is 1.08 bits per heavy atom. The van der Waals surface area contributed by atoms with Crippen LogP contribution in [0.25, 0.3) is 0 Å². The van der Waals surface area contributed by atoms with Crippen molar-refractivity contribution in [2.75, 3.05) is 5.32 Å². The van der Waals surface area contributed by atoms with Crippen molar-refractivity contribution >= 4 is 5.82 Å². The monoisotopic (exact) mass is 353 g/mol. The molecule has 1 fully saturated rings. The molecule has 2 aromatic rings. The molecule has 2 heterocycles. The minimum atomic E-state index is -4.49. The van der Waals surface area contributed by atoms with E-state index >= 15 is 0 Å². The third-order valence-corrected chi connectivity index (χ3v) is 4.31. The molecule has 0 radical (unpaired) electrons. The SMILES string of the molecule is Cc1ccc(=O)n(C2CCC(Nc3ccc(C(F)(F)F)nn3)CC2)n1. The first-order valence-electron chi connectivity index (χ1n) is 8.07. The summed E-state index contributed by atoms with van der Waals surface area (Å²) < 4.78 is 39.0. The lowest BCUT2D eigenvalue weighted by atomic mass is 9.91. The molecule has 0 unspecified atom stereocenters. The summed E-state index contributed by atoms with van der Waals surface area (Å²) in [5, 5.41) is 14.2. The summed E-state index contributed by atoms with van der Waals surface area (Å²) in [4.78, 5) is 11.9. The highest BCUT2D eigenvalue weighted by atomic mass is 19.4. The number of nitrogens with zero attached hydrogens (tertiary/aromatic N) is 4. The van der Waals surface area contributed by atoms with Crippen LogP contribution in [-0.2, 0) is 6.18 Å². The van der Waals surface area contributed by atoms with E-state index in [0.29, 0.717) is 5.82 Å². The molecule has 2 aromatic heterocycles. The van der Waals surface area contributed by atoms with Crippen LogP contribution in [0.2, 0.25) is 0 Å². The Kier molecular flexibility index (Phi) is 4.73. The van der Waals surface area contributed by atoms with E-state index in [0.717, 1.165) is 37.4 Å². The second-order valence-electron chi connectivity index (χ2n) is 6.21. The normalized spacial score (nSPS) is 21.1. The van der Waals surface area contributed by atoms with Gasteiger partial charge in [-0.2, -0.15) is 18.3 Å². The first-order valence-corrected chi connectivity index (χ1v) is 8.07. The van der Waals surface area contributed by atoms with Crippen molar-refractivity contribution in [3.8, 4) is 0 Å². The van der Waals surface area contributed by atoms with Crippen molar-refractivity contribution in [2.45, 2.75) is 50.9 Å². The molecule has 1 aliphatic carbocycles. The fraction of sp³-hybridized carbons (Fsp3) is 0.500. The predicted octanol–water partition coefficient (Wildman–Crippen LogP) is 2.96. The molecule has 0 amide bonds. The van der Waals surface area contributed by atoms with E-state index in [9.17, 15) is 18.0 Å². The standard InChI is InChI=1S/C16H18F3N5O/c1-10-2-9-15(25)24(23-10)12-5-3-11(4-6-12)20-14-8-7-13(21-22-14)16(17,18)19/h2,7-9,11-12H,3-6H2,1H3,(H,20,22). The molecule has 3 rings (SSSR count). The Hall–Kier alpha value is -2.45. The van der Waals surface area contributed by atoms with E-state index in [4.69, 9.17) is 0 Å². The third-order valence-electron chi connectivity index (χ3n) is 4.31. The number of alkyl halides is 3. The zero-order valence-corrected chi connectivity index (χ0v) is 13.6. The summed E-state index contributed by atoms with van der Waals surface area (Å²) in [5.74, 6) is 0.322. The third kappa shape index (κ3) is 4.15. The summed E-state index contributed by atoms with van der Waals surface area (Å²) in [6.45, 7) is 1.84. The van der Waals surface area contributed by atoms with Gasteiger partial charge in [0, 0.05) is 12.1 Å². The molecule has 0 spiro atoms. The Morgan fingerprint density at radius 3 is 2.40 bits per heavy atom. The maximum absolute atomic E-state index is 12.5. The predicted molar refractivity (Wildman–Crippen MR) is 85.2 cm³/mol. The van der Waals surface area contributed by atoms with Crippen LogP contribution in [-0.4, -0.2) is 26.0 Å². The van der Waals surface area contributed by atoms with Crippen LogP contribution >= 0.6 is 0 Å². The van der Waals surface area contributed by atoms with E-state index in [1.807, 2.05) is 6.92 Å². The van der Waals surface area contributed by atoms with Crippen LogP contribution in [0.15, 0.2) is 29.1 Å². The van der Waals surface area contributed by atoms with Gasteiger partial charge in [-0.25, -0.2) is 4.68 Å². The number of aryl methyl sites for hydroxylation is 1. The minimum Gasteiger partial charge on any atom is -0.366 e. The van der Waals surface area contributed by atoms with Gasteiger partial charge in [0.2, 0.25) is 0 Å². The molecular formula is C16H18F3N5O. The number of aromatic nitrogens is 4. The summed E-state index contributed by atoms with van der Waals surface area (Å²) in [5.41, 5.74) is -0.331. The van der Waals surface area contributed by atoms with Gasteiger partial charge in [0.15, 0.2) is 5.69 Å². The first kappa shape index (κ1) is 17.4. The van der Waals surface area contributed by atoms with Crippen molar-refractivity contribution in [2.24, 2.45) is 0 Å². The van der Waals surface area contributed by atoms with Gasteiger partial charge in [-0.05, 0) is 50.8 Å². The van der Waals surface area contributed by atoms with Crippen molar-refractivity contribution in [1.82, 2.24) is 20.0 Å². The molecule has 0 aromatic carbocycles. The number of hydrogen-bond acceptors (Lipinski definition) is 5. The van der Waals surface area contributed by atoms with Crippen LogP contribution in [0, 0.1) is 6.92 Å². The Bertz CT molecular complexity index is 780. The molecule has 9 heteroatoms. The molecule has 0 aliphatic heterocycles. The van der Waals surface area contributed by atoms with Gasteiger partial charge in [0.05, 0.1) is 11.7 Å². The first-order chi connectivity index (χ1) is 11.8. The van der Waals surface area contributed by atoms with Gasteiger partial charge in [-0.15, -0.1) is 10.2 Å². The molecule has 6 nitrogen and oxygen atoms in total. The second-order valence-corrected chi connectivity index (χ2v) is 6.21. The number of nitrogens with one attached hydrogen (secondary N) is 1. The van der Waals surface area contributed by atoms with Crippen LogP contribution < -0.4 is 10.9 Å². The van der Waals surface area contributed by atoms with Crippen molar-refractivity contribution in [3.63, 3.8) is 0 Å². The topological polar surface area (TPSA) is 72.7 Å². The minimum absolute atomic E-state index is 0.0455. The molecule has 0 bridgehead atoms. The van der Waals surface area contributed by atoms with Gasteiger partial charge in [0.25, 0.3) is 5.56 Å². The highest BCUT2D eigenvalue weighted by Crippen LogP contribution is 2.30. The molecule has 1 saturated carbocycles. The van der Waals surface area contributed by atoms with Crippen molar-refractivity contribution in [1.29, 1.82) is 0 Å². The van der Waals surface area contributed by atoms with Gasteiger partial charge in [-0.3, -0.25) is 4.79 Å². The van der Waals surface area contributed by atoms with Gasteiger partial charge in [0.1, 0.15) is 5.82 Å². The Balaban J connectivity index is 1.59. The quantitative estimate of drug-likeness (QED) is 0.918. The van der Waals surface area contributed by atoms with E-state index in [-0.39, 0.29) is 17.6 Å². The molecule has 1 N–H and O–H groups in total. The number of rotatable bonds is 3. The second kappa shape index (κ2) is 6.81. The van der Waals surface area contributed by atoms with E-state index < -0.39 is 11.9 Å². The summed E-state index contributed by atoms with van der Waals surface area (Å²) in [6.07, 6.45) is -1.41. The van der Waals surface area contributed by atoms with Crippen LogP contribution in [0.3, 0.4) is 0 Å². The smallest absolute Gasteiger partial charge is 0.366 e. The fourth-order valence-corrected chi connectivity index (χ4v) is 3.02. The molecular weight excluding hydrogens is 335 g/mol. The molecule has 1 aliphatic rings. The zero-order valence-electron chi connectivity index (χ0n) is 13.6. The maximum Gasteiger partial charge on any atom is 0.435 e. The maximum atomic E-state index is 12.5. The Morgan fingerprint density at radius 2 is 1.80 bits per heavy atom. The van der Waals surface area contributed by atoms with Gasteiger partial charge >= 0.3 is 6.18 Å². The van der Waals surface area contributed by atoms with Crippen LogP contribution in [0.4, 0.5) is 19.0 Å². The summed E-state index contributed by atoms with van der Waals surface area (Å²) in [6, 6.07) is 5.54. The summed E-state index contributed by atoms with van der Waals surface area (Å²) >= 11 is 0. The van der Waals surface area contributed by atoms with E-state index in [1.54, 1.807) is 6.07 Å². The molecule has 0 atom stereocenters. The highest BCUT2D eigenvalue weighted by Gasteiger charge is 2.33. The van der Waals surface area contributed by atoms with Crippen molar-refractivity contribution in [3.05, 3.63) is 46.0 Å². The molecule has 25 heavy (non-hydrogen) atoms. The average molecular weight is 353 g/mol. The lowest BCUT2D eigenvalue weighted by Crippen LogP contribution is -2.33. The number of halogens is 3. The molecule has 0 saturated heterocycles. The lowest BCUT2D eigenvalue weighted by molar-refractivity contribution is -0.141. The molecule has 134 valence electrons. The Labute approximate surface area is 142 Å². The highest BCUT2D eigenvalue weighted by molar-refractivity contribution is 5.34. The zero-order chi connectivity index (χ0) is 18.0. The van der Waals surface area contributed by atoms with E-state index in [1.165, 1.54) is 16.8 Å². The van der Waals surface area contributed by atoms with Crippen LogP contribution in [0.1, 0.15) is 43.1 Å². The summed E-state index contributed by atoms with van der Waals surface area (Å²) in [7, 11) is 0. The largest absolute Gasteiger partial charge is 0.435 e. The van der Waals surface area contributed by atoms with E-state index in [2.05, 4.69) is 20.6 Å². The number of anilines is 1. The van der Waals surface area contributed by atoms with Gasteiger partial charge in [-0.1, -0.05) is 0 Å². The van der Waals surface area contributed by atoms with Crippen molar-refractivity contribution < 1.29 is 13.2 Å². The van der Waals surface area contributed by atoms with Crippen LogP contribution in [0.5, 0.6) is 0 Å². The fourth-order valence-electron chi connectivity index (χ4n) is 3.02.